The van der Waals surface area contributed by atoms with Crippen molar-refractivity contribution in [2.24, 2.45) is 5.92 Å². The number of pyridine rings is 1. The van der Waals surface area contributed by atoms with Gasteiger partial charge < -0.3 is 23.6 Å². The molecule has 1 N–H and O–H groups in total. The molecule has 3 aromatic rings. The number of fused-ring (bicyclic) bond motifs is 1. The molecule has 1 amide bonds. The van der Waals surface area contributed by atoms with Crippen LogP contribution in [0.2, 0.25) is 18.6 Å². The van der Waals surface area contributed by atoms with Crippen molar-refractivity contribution >= 4 is 14.3 Å². The van der Waals surface area contributed by atoms with Gasteiger partial charge in [0.1, 0.15) is 0 Å². The third-order valence-corrected chi connectivity index (χ3v) is 11.5. The van der Waals surface area contributed by atoms with Crippen molar-refractivity contribution in [1.82, 2.24) is 9.47 Å². The first-order valence-electron chi connectivity index (χ1n) is 14.8. The monoisotopic (exact) mass is 592 g/mol. The van der Waals surface area contributed by atoms with E-state index in [0.29, 0.717) is 25.8 Å². The fraction of sp³-hybridized carbons (Fsp3) is 0.455. The van der Waals surface area contributed by atoms with Gasteiger partial charge in [-0.1, -0.05) is 43.3 Å². The molecule has 3 heterocycles. The maximum Gasteiger partial charge on any atom is 0.297 e. The summed E-state index contributed by atoms with van der Waals surface area (Å²) in [6.07, 6.45) is 3.12. The molecule has 7 nitrogen and oxygen atoms in total. The number of benzene rings is 2. The smallest absolute Gasteiger partial charge is 0.297 e. The molecule has 0 aliphatic carbocycles. The first-order valence-corrected chi connectivity index (χ1v) is 17.7. The molecule has 5 rings (SSSR count). The average Bonchev–Trinajstić information content (AvgIpc) is 3.30. The minimum Gasteiger partial charge on any atom is -0.491 e. The Hall–Kier alpha value is -3.27. The third kappa shape index (κ3) is 6.23. The molecule has 5 atom stereocenters. The Morgan fingerprint density at radius 2 is 1.86 bits per heavy atom. The predicted octanol–water partition coefficient (Wildman–Crippen LogP) is 5.06. The fourth-order valence-corrected chi connectivity index (χ4v) is 9.46. The average molecular weight is 593 g/mol. The van der Waals surface area contributed by atoms with E-state index >= 15 is 4.11 Å². The van der Waals surface area contributed by atoms with Gasteiger partial charge >= 0.3 is 0 Å². The molecule has 1 aromatic heterocycles. The van der Waals surface area contributed by atoms with Crippen LogP contribution >= 0.6 is 0 Å². The van der Waals surface area contributed by atoms with Crippen LogP contribution in [0, 0.1) is 5.92 Å². The summed E-state index contributed by atoms with van der Waals surface area (Å²) in [7, 11) is -1.68. The quantitative estimate of drug-likeness (QED) is 0.278. The number of aromatic nitrogens is 1. The number of carbonyl (C=O) groups excluding carboxylic acids is 1. The van der Waals surface area contributed by atoms with E-state index in [4.69, 9.17) is 9.47 Å². The zero-order valence-electron chi connectivity index (χ0n) is 24.8. The number of aliphatic hydroxyl groups is 1. The summed E-state index contributed by atoms with van der Waals surface area (Å²) in [4.78, 5) is 28.1. The van der Waals surface area contributed by atoms with Gasteiger partial charge in [0.25, 0.3) is 5.56 Å². The molecule has 2 aliphatic heterocycles. The van der Waals surface area contributed by atoms with Gasteiger partial charge in [0.2, 0.25) is 14.3 Å². The Morgan fingerprint density at radius 3 is 2.57 bits per heavy atom. The lowest BCUT2D eigenvalue weighted by atomic mass is 9.93. The topological polar surface area (TPSA) is 81.0 Å². The summed E-state index contributed by atoms with van der Waals surface area (Å²) in [5.74, 6) is 0.148. The van der Waals surface area contributed by atoms with E-state index in [2.05, 4.69) is 0 Å². The molecular weight excluding hydrogens is 551 g/mol. The number of methoxy groups -OCH3 is 1. The first kappa shape index (κ1) is 30.2. The van der Waals surface area contributed by atoms with Gasteiger partial charge in [-0.05, 0) is 79.2 Å². The Kier molecular flexibility index (Phi) is 9.01. The second kappa shape index (κ2) is 12.5. The van der Waals surface area contributed by atoms with Crippen molar-refractivity contribution in [1.29, 1.82) is 0 Å². The number of hydrogen-bond acceptors (Lipinski definition) is 5. The molecule has 0 bridgehead atoms. The summed E-state index contributed by atoms with van der Waals surface area (Å²) >= 11 is 0. The lowest BCUT2D eigenvalue weighted by molar-refractivity contribution is -0.138. The molecule has 0 unspecified atom stereocenters. The second-order valence-electron chi connectivity index (χ2n) is 12.2. The van der Waals surface area contributed by atoms with Gasteiger partial charge in [-0.2, -0.15) is 0 Å². The van der Waals surface area contributed by atoms with Crippen LogP contribution in [0.1, 0.15) is 36.5 Å². The van der Waals surface area contributed by atoms with Crippen molar-refractivity contribution in [3.05, 3.63) is 93.9 Å². The number of amides is 1. The number of hydrogen-bond donors (Lipinski definition) is 1. The summed E-state index contributed by atoms with van der Waals surface area (Å²) < 4.78 is 29.0. The molecule has 2 aromatic carbocycles. The number of nitrogens with zero attached hydrogens (tertiary/aromatic N) is 2. The van der Waals surface area contributed by atoms with E-state index in [1.807, 2.05) is 55.5 Å². The number of aliphatic hydroxyl groups excluding tert-OH is 1. The number of aryl methyl sites for hydroxylation is 1. The van der Waals surface area contributed by atoms with Crippen molar-refractivity contribution in [3.63, 3.8) is 0 Å². The van der Waals surface area contributed by atoms with Gasteiger partial charge in [-0.25, -0.2) is 0 Å². The Balaban J connectivity index is 1.29. The zero-order chi connectivity index (χ0) is 30.0. The molecule has 1 fully saturated rings. The first-order chi connectivity index (χ1) is 20.1. The standard InChI is InChI=1S/C33H41FN2O5Si/c1-22-28(15-14-23-9-7-12-26(17-23)35-16-8-13-29(40-2)33(35)39)41-30(32(22)42(3,4)34)19-31(38)36-20-25-11-6-5-10-24(25)18-27(36)21-37/h5-13,16-17,22,27-28,30,32,37H,14-15,18-21H2,1-4H3/t22-,27+,28+,30-,32+/m1/s1. The Labute approximate surface area is 248 Å². The predicted molar refractivity (Wildman–Crippen MR) is 163 cm³/mol. The zero-order valence-corrected chi connectivity index (χ0v) is 25.8. The summed E-state index contributed by atoms with van der Waals surface area (Å²) in [5, 5.41) is 10.1. The van der Waals surface area contributed by atoms with Gasteiger partial charge in [-0.3, -0.25) is 14.2 Å². The molecule has 2 aliphatic rings. The van der Waals surface area contributed by atoms with E-state index in [0.717, 1.165) is 22.4 Å². The van der Waals surface area contributed by atoms with Crippen LogP contribution in [-0.4, -0.2) is 60.9 Å². The minimum atomic E-state index is -3.16. The largest absolute Gasteiger partial charge is 0.491 e. The van der Waals surface area contributed by atoms with E-state index in [1.165, 1.54) is 7.11 Å². The van der Waals surface area contributed by atoms with E-state index in [9.17, 15) is 14.7 Å². The molecule has 1 saturated heterocycles. The highest BCUT2D eigenvalue weighted by Gasteiger charge is 2.52. The van der Waals surface area contributed by atoms with Crippen molar-refractivity contribution in [3.8, 4) is 11.4 Å². The minimum absolute atomic E-state index is 0.0330. The third-order valence-electron chi connectivity index (χ3n) is 9.00. The highest BCUT2D eigenvalue weighted by molar-refractivity contribution is 6.72. The number of rotatable bonds is 9. The highest BCUT2D eigenvalue weighted by atomic mass is 28.4. The van der Waals surface area contributed by atoms with E-state index in [1.54, 1.807) is 40.9 Å². The van der Waals surface area contributed by atoms with Crippen LogP contribution in [0.3, 0.4) is 0 Å². The van der Waals surface area contributed by atoms with Crippen molar-refractivity contribution in [2.45, 2.75) is 76.0 Å². The molecule has 0 spiro atoms. The summed E-state index contributed by atoms with van der Waals surface area (Å²) in [6.45, 7) is 5.80. The lowest BCUT2D eigenvalue weighted by Crippen LogP contribution is -2.48. The van der Waals surface area contributed by atoms with E-state index < -0.39 is 14.5 Å². The van der Waals surface area contributed by atoms with Crippen LogP contribution in [-0.2, 0) is 28.9 Å². The van der Waals surface area contributed by atoms with Crippen LogP contribution < -0.4 is 10.3 Å². The van der Waals surface area contributed by atoms with Gasteiger partial charge in [0.15, 0.2) is 5.75 Å². The summed E-state index contributed by atoms with van der Waals surface area (Å²) in [6, 6.07) is 18.9. The number of halogens is 1. The molecule has 0 radical (unpaired) electrons. The molecule has 42 heavy (non-hydrogen) atoms. The van der Waals surface area contributed by atoms with Crippen LogP contribution in [0.15, 0.2) is 71.7 Å². The normalized spacial score (nSPS) is 24.0. The molecular formula is C33H41FN2O5Si. The molecule has 0 saturated carbocycles. The highest BCUT2D eigenvalue weighted by Crippen LogP contribution is 2.47. The van der Waals surface area contributed by atoms with Gasteiger partial charge in [0.05, 0.1) is 38.4 Å². The fourth-order valence-electron chi connectivity index (χ4n) is 6.91. The maximum absolute atomic E-state index is 15.8. The summed E-state index contributed by atoms with van der Waals surface area (Å²) in [5.41, 5.74) is 3.50. The Bertz CT molecular complexity index is 1470. The number of ether oxygens (including phenoxy) is 2. The van der Waals surface area contributed by atoms with Crippen LogP contribution in [0.25, 0.3) is 5.69 Å². The Morgan fingerprint density at radius 1 is 1.10 bits per heavy atom. The molecule has 224 valence electrons. The lowest BCUT2D eigenvalue weighted by Gasteiger charge is -2.37. The number of carbonyl (C=O) groups is 1. The van der Waals surface area contributed by atoms with Crippen LogP contribution in [0.5, 0.6) is 5.75 Å². The van der Waals surface area contributed by atoms with E-state index in [-0.39, 0.29) is 53.8 Å². The van der Waals surface area contributed by atoms with Gasteiger partial charge in [-0.15, -0.1) is 0 Å². The van der Waals surface area contributed by atoms with Crippen molar-refractivity contribution in [2.75, 3.05) is 13.7 Å². The van der Waals surface area contributed by atoms with Gasteiger partial charge in [0, 0.05) is 24.0 Å². The van der Waals surface area contributed by atoms with Crippen molar-refractivity contribution < 1.29 is 23.5 Å². The second-order valence-corrected chi connectivity index (χ2v) is 16.0. The molecule has 9 heteroatoms. The maximum atomic E-state index is 15.8. The SMILES string of the molecule is COc1cccn(-c2cccc(CC[C@@H]3O[C@H](CC(=O)N4Cc5ccccc5C[C@H]4CO)[C@@H]([Si](C)(C)F)[C@@H]3C)c2)c1=O. The van der Waals surface area contributed by atoms with Crippen LogP contribution in [0.4, 0.5) is 4.11 Å².